The third-order valence-electron chi connectivity index (χ3n) is 3.57. The van der Waals surface area contributed by atoms with E-state index in [1.807, 2.05) is 18.2 Å². The van der Waals surface area contributed by atoms with Gasteiger partial charge in [0.05, 0.1) is 7.11 Å². The van der Waals surface area contributed by atoms with Crippen LogP contribution in [0.3, 0.4) is 0 Å². The van der Waals surface area contributed by atoms with Crippen LogP contribution in [-0.2, 0) is 6.54 Å². The Morgan fingerprint density at radius 1 is 1.30 bits per heavy atom. The van der Waals surface area contributed by atoms with Crippen LogP contribution in [0.2, 0.25) is 0 Å². The summed E-state index contributed by atoms with van der Waals surface area (Å²) in [6, 6.07) is 5.79. The third-order valence-corrected chi connectivity index (χ3v) is 3.57. The van der Waals surface area contributed by atoms with Gasteiger partial charge in [0, 0.05) is 44.2 Å². The lowest BCUT2D eigenvalue weighted by atomic mass is 10.1. The Morgan fingerprint density at radius 2 is 2.10 bits per heavy atom. The lowest BCUT2D eigenvalue weighted by Crippen LogP contribution is -2.42. The van der Waals surface area contributed by atoms with E-state index in [1.165, 1.54) is 5.56 Å². The third kappa shape index (κ3) is 2.66. The SMILES string of the molecule is COc1cc(CN2CCNCC2)c2ccc(N)nc2n1. The summed E-state index contributed by atoms with van der Waals surface area (Å²) in [5, 5.41) is 4.40. The van der Waals surface area contributed by atoms with Gasteiger partial charge >= 0.3 is 0 Å². The van der Waals surface area contributed by atoms with Crippen LogP contribution in [0, 0.1) is 0 Å². The van der Waals surface area contributed by atoms with Crippen LogP contribution in [0.25, 0.3) is 11.0 Å². The lowest BCUT2D eigenvalue weighted by Gasteiger charge is -2.27. The van der Waals surface area contributed by atoms with Gasteiger partial charge in [-0.1, -0.05) is 0 Å². The van der Waals surface area contributed by atoms with Crippen molar-refractivity contribution in [2.24, 2.45) is 0 Å². The number of piperazine rings is 1. The fourth-order valence-electron chi connectivity index (χ4n) is 2.51. The molecule has 1 aliphatic rings. The molecule has 0 aromatic carbocycles. The molecule has 3 heterocycles. The Kier molecular flexibility index (Phi) is 3.66. The Balaban J connectivity index is 1.98. The number of nitrogen functional groups attached to an aromatic ring is 1. The van der Waals surface area contributed by atoms with Crippen molar-refractivity contribution in [3.8, 4) is 5.88 Å². The molecule has 1 aliphatic heterocycles. The summed E-state index contributed by atoms with van der Waals surface area (Å²) in [6.45, 7) is 5.04. The number of hydrogen-bond acceptors (Lipinski definition) is 6. The van der Waals surface area contributed by atoms with E-state index in [9.17, 15) is 0 Å². The predicted octanol–water partition coefficient (Wildman–Crippen LogP) is 0.626. The average Bonchev–Trinajstić information content (AvgIpc) is 2.47. The molecule has 3 N–H and O–H groups in total. The summed E-state index contributed by atoms with van der Waals surface area (Å²) in [7, 11) is 1.62. The Bertz CT molecular complexity index is 610. The van der Waals surface area contributed by atoms with Crippen molar-refractivity contribution < 1.29 is 4.74 Å². The van der Waals surface area contributed by atoms with E-state index >= 15 is 0 Å². The van der Waals surface area contributed by atoms with Crippen LogP contribution in [-0.4, -0.2) is 48.2 Å². The van der Waals surface area contributed by atoms with Crippen molar-refractivity contribution in [2.75, 3.05) is 39.0 Å². The summed E-state index contributed by atoms with van der Waals surface area (Å²) in [4.78, 5) is 11.1. The average molecular weight is 273 g/mol. The van der Waals surface area contributed by atoms with Crippen LogP contribution >= 0.6 is 0 Å². The van der Waals surface area contributed by atoms with Crippen molar-refractivity contribution in [3.05, 3.63) is 23.8 Å². The standard InChI is InChI=1S/C14H19N5O/c1-20-13-8-10(9-19-6-4-16-5-7-19)11-2-3-12(15)17-14(11)18-13/h2-3,8,16H,4-7,9H2,1H3,(H2,15,17,18). The molecular formula is C14H19N5O. The number of aromatic nitrogens is 2. The minimum atomic E-state index is 0.478. The molecule has 0 saturated carbocycles. The molecular weight excluding hydrogens is 254 g/mol. The first-order chi connectivity index (χ1) is 9.76. The van der Waals surface area contributed by atoms with E-state index in [4.69, 9.17) is 10.5 Å². The second kappa shape index (κ2) is 5.60. The molecule has 0 unspecified atom stereocenters. The molecule has 0 radical (unpaired) electrons. The maximum atomic E-state index is 5.74. The normalized spacial score (nSPS) is 16.4. The number of rotatable bonds is 3. The number of nitrogens with two attached hydrogens (primary N) is 1. The topological polar surface area (TPSA) is 76.3 Å². The maximum absolute atomic E-state index is 5.74. The van der Waals surface area contributed by atoms with Crippen LogP contribution < -0.4 is 15.8 Å². The highest BCUT2D eigenvalue weighted by Gasteiger charge is 2.14. The van der Waals surface area contributed by atoms with Crippen LogP contribution in [0.15, 0.2) is 18.2 Å². The first-order valence-electron chi connectivity index (χ1n) is 6.79. The van der Waals surface area contributed by atoms with Gasteiger partial charge in [0.15, 0.2) is 5.65 Å². The zero-order valence-corrected chi connectivity index (χ0v) is 11.6. The molecule has 0 amide bonds. The van der Waals surface area contributed by atoms with Crippen molar-refractivity contribution in [3.63, 3.8) is 0 Å². The maximum Gasteiger partial charge on any atom is 0.215 e. The Labute approximate surface area is 117 Å². The summed E-state index contributed by atoms with van der Waals surface area (Å²) in [6.07, 6.45) is 0. The summed E-state index contributed by atoms with van der Waals surface area (Å²) in [5.41, 5.74) is 7.57. The number of anilines is 1. The Hall–Kier alpha value is -1.92. The molecule has 1 fully saturated rings. The first kappa shape index (κ1) is 13.1. The minimum Gasteiger partial charge on any atom is -0.481 e. The highest BCUT2D eigenvalue weighted by atomic mass is 16.5. The molecule has 2 aromatic heterocycles. The van der Waals surface area contributed by atoms with Gasteiger partial charge in [0.2, 0.25) is 5.88 Å². The molecule has 106 valence electrons. The second-order valence-electron chi connectivity index (χ2n) is 4.96. The fourth-order valence-corrected chi connectivity index (χ4v) is 2.51. The summed E-state index contributed by atoms with van der Waals surface area (Å²) in [5.74, 6) is 1.06. The number of ether oxygens (including phenoxy) is 1. The number of nitrogens with zero attached hydrogens (tertiary/aromatic N) is 3. The van der Waals surface area contributed by atoms with E-state index < -0.39 is 0 Å². The van der Waals surface area contributed by atoms with Crippen LogP contribution in [0.5, 0.6) is 5.88 Å². The lowest BCUT2D eigenvalue weighted by molar-refractivity contribution is 0.233. The molecule has 6 nitrogen and oxygen atoms in total. The smallest absolute Gasteiger partial charge is 0.215 e. The summed E-state index contributed by atoms with van der Waals surface area (Å²) >= 11 is 0. The second-order valence-corrected chi connectivity index (χ2v) is 4.96. The van der Waals surface area contributed by atoms with Crippen molar-refractivity contribution in [1.82, 2.24) is 20.2 Å². The van der Waals surface area contributed by atoms with E-state index in [-0.39, 0.29) is 0 Å². The van der Waals surface area contributed by atoms with Crippen LogP contribution in [0.4, 0.5) is 5.82 Å². The highest BCUT2D eigenvalue weighted by molar-refractivity contribution is 5.80. The van der Waals surface area contributed by atoms with Gasteiger partial charge in [0.1, 0.15) is 5.82 Å². The van der Waals surface area contributed by atoms with Gasteiger partial charge in [-0.3, -0.25) is 4.90 Å². The number of methoxy groups -OCH3 is 1. The van der Waals surface area contributed by atoms with E-state index in [1.54, 1.807) is 7.11 Å². The molecule has 0 spiro atoms. The fraction of sp³-hybridized carbons (Fsp3) is 0.429. The van der Waals surface area contributed by atoms with Gasteiger partial charge in [-0.15, -0.1) is 0 Å². The number of nitrogens with one attached hydrogen (secondary N) is 1. The summed E-state index contributed by atoms with van der Waals surface area (Å²) < 4.78 is 5.27. The Morgan fingerprint density at radius 3 is 2.85 bits per heavy atom. The highest BCUT2D eigenvalue weighted by Crippen LogP contribution is 2.23. The van der Waals surface area contributed by atoms with Crippen LogP contribution in [0.1, 0.15) is 5.56 Å². The van der Waals surface area contributed by atoms with E-state index in [0.29, 0.717) is 17.3 Å². The largest absolute Gasteiger partial charge is 0.481 e. The molecule has 0 bridgehead atoms. The molecule has 3 rings (SSSR count). The van der Waals surface area contributed by atoms with Gasteiger partial charge in [-0.2, -0.15) is 4.98 Å². The molecule has 6 heteroatoms. The minimum absolute atomic E-state index is 0.478. The van der Waals surface area contributed by atoms with Crippen molar-refractivity contribution in [2.45, 2.75) is 6.54 Å². The molecule has 0 aliphatic carbocycles. The van der Waals surface area contributed by atoms with Crippen molar-refractivity contribution >= 4 is 16.9 Å². The molecule has 20 heavy (non-hydrogen) atoms. The van der Waals surface area contributed by atoms with E-state index in [2.05, 4.69) is 20.2 Å². The molecule has 2 aromatic rings. The van der Waals surface area contributed by atoms with Crippen molar-refractivity contribution in [1.29, 1.82) is 0 Å². The van der Waals surface area contributed by atoms with Gasteiger partial charge < -0.3 is 15.8 Å². The predicted molar refractivity (Wildman–Crippen MR) is 78.6 cm³/mol. The van der Waals surface area contributed by atoms with Gasteiger partial charge in [-0.05, 0) is 17.7 Å². The molecule has 1 saturated heterocycles. The zero-order chi connectivity index (χ0) is 13.9. The zero-order valence-electron chi connectivity index (χ0n) is 11.6. The molecule has 0 atom stereocenters. The van der Waals surface area contributed by atoms with E-state index in [0.717, 1.165) is 38.1 Å². The number of hydrogen-bond donors (Lipinski definition) is 2. The quantitative estimate of drug-likeness (QED) is 0.854. The first-order valence-corrected chi connectivity index (χ1v) is 6.79. The van der Waals surface area contributed by atoms with Gasteiger partial charge in [0.25, 0.3) is 0 Å². The van der Waals surface area contributed by atoms with Gasteiger partial charge in [-0.25, -0.2) is 4.98 Å². The monoisotopic (exact) mass is 273 g/mol. The number of pyridine rings is 2. The number of fused-ring (bicyclic) bond motifs is 1.